The first kappa shape index (κ1) is 15.4. The third kappa shape index (κ3) is 3.44. The maximum absolute atomic E-state index is 13.4. The van der Waals surface area contributed by atoms with E-state index in [0.29, 0.717) is 13.0 Å². The van der Waals surface area contributed by atoms with Crippen LogP contribution in [-0.2, 0) is 11.2 Å². The molecule has 0 spiro atoms. The summed E-state index contributed by atoms with van der Waals surface area (Å²) in [6, 6.07) is 4.57. The second-order valence-corrected chi connectivity index (χ2v) is 5.00. The lowest BCUT2D eigenvalue weighted by Gasteiger charge is -2.34. The van der Waals surface area contributed by atoms with Crippen molar-refractivity contribution in [3.05, 3.63) is 34.6 Å². The molecule has 0 aliphatic rings. The van der Waals surface area contributed by atoms with Crippen LogP contribution in [0.2, 0.25) is 5.02 Å². The first-order chi connectivity index (χ1) is 8.44. The van der Waals surface area contributed by atoms with Crippen LogP contribution in [0.3, 0.4) is 0 Å². The lowest BCUT2D eigenvalue weighted by Crippen LogP contribution is -2.48. The van der Waals surface area contributed by atoms with Crippen molar-refractivity contribution in [1.29, 1.82) is 0 Å². The molecule has 0 aliphatic carbocycles. The average Bonchev–Trinajstić information content (AvgIpc) is 2.35. The van der Waals surface area contributed by atoms with E-state index < -0.39 is 11.4 Å². The van der Waals surface area contributed by atoms with E-state index in [1.54, 1.807) is 12.1 Å². The van der Waals surface area contributed by atoms with Crippen molar-refractivity contribution in [2.75, 3.05) is 6.61 Å². The van der Waals surface area contributed by atoms with E-state index in [1.807, 2.05) is 20.8 Å². The molecule has 0 saturated heterocycles. The highest BCUT2D eigenvalue weighted by Crippen LogP contribution is 2.26. The van der Waals surface area contributed by atoms with Crippen LogP contribution in [0.25, 0.3) is 0 Å². The highest BCUT2D eigenvalue weighted by molar-refractivity contribution is 6.31. The van der Waals surface area contributed by atoms with Crippen LogP contribution in [-0.4, -0.2) is 18.2 Å². The molecule has 1 aromatic rings. The molecule has 2 unspecified atom stereocenters. The summed E-state index contributed by atoms with van der Waals surface area (Å²) in [5.41, 5.74) is 6.51. The summed E-state index contributed by atoms with van der Waals surface area (Å²) in [5.74, 6) is -0.407. The van der Waals surface area contributed by atoms with Gasteiger partial charge in [0, 0.05) is 12.6 Å². The predicted molar refractivity (Wildman–Crippen MR) is 73.4 cm³/mol. The maximum atomic E-state index is 13.4. The molecule has 2 N–H and O–H groups in total. The molecule has 0 fully saturated rings. The zero-order chi connectivity index (χ0) is 13.8. The lowest BCUT2D eigenvalue weighted by molar-refractivity contribution is -0.0461. The first-order valence-corrected chi connectivity index (χ1v) is 6.64. The van der Waals surface area contributed by atoms with Gasteiger partial charge in [-0.2, -0.15) is 0 Å². The summed E-state index contributed by atoms with van der Waals surface area (Å²) < 4.78 is 19.1. The van der Waals surface area contributed by atoms with E-state index in [0.717, 1.165) is 12.0 Å². The van der Waals surface area contributed by atoms with Gasteiger partial charge in [0.15, 0.2) is 0 Å². The van der Waals surface area contributed by atoms with Gasteiger partial charge in [-0.3, -0.25) is 0 Å². The monoisotopic (exact) mass is 273 g/mol. The molecule has 18 heavy (non-hydrogen) atoms. The van der Waals surface area contributed by atoms with Crippen molar-refractivity contribution in [3.8, 4) is 0 Å². The molecule has 0 saturated carbocycles. The standard InChI is InChI=1S/C14H21ClFNO/c1-4-14(3,18-5-2)12(17)9-10-7-6-8-11(16)13(10)15/h6-8,12H,4-5,9,17H2,1-3H3. The Morgan fingerprint density at radius 3 is 2.67 bits per heavy atom. The van der Waals surface area contributed by atoms with Crippen LogP contribution in [0.1, 0.15) is 32.8 Å². The SMILES string of the molecule is CCOC(C)(CC)C(N)Cc1cccc(F)c1Cl. The van der Waals surface area contributed by atoms with Crippen molar-refractivity contribution in [1.82, 2.24) is 0 Å². The molecule has 0 aromatic heterocycles. The maximum Gasteiger partial charge on any atom is 0.142 e. The predicted octanol–water partition coefficient (Wildman–Crippen LogP) is 3.55. The van der Waals surface area contributed by atoms with Crippen LogP contribution >= 0.6 is 11.6 Å². The molecule has 1 aromatic carbocycles. The molecule has 0 aliphatic heterocycles. The molecule has 4 heteroatoms. The van der Waals surface area contributed by atoms with Crippen LogP contribution in [0.15, 0.2) is 18.2 Å². The summed E-state index contributed by atoms with van der Waals surface area (Å²) in [4.78, 5) is 0. The molecule has 2 nitrogen and oxygen atoms in total. The summed E-state index contributed by atoms with van der Waals surface area (Å²) in [6.45, 7) is 6.56. The van der Waals surface area contributed by atoms with Gasteiger partial charge in [-0.25, -0.2) is 4.39 Å². The lowest BCUT2D eigenvalue weighted by atomic mass is 9.89. The Kier molecular flexibility index (Phi) is 5.57. The fourth-order valence-corrected chi connectivity index (χ4v) is 2.16. The Morgan fingerprint density at radius 1 is 1.44 bits per heavy atom. The minimum Gasteiger partial charge on any atom is -0.374 e. The molecule has 1 rings (SSSR count). The van der Waals surface area contributed by atoms with Gasteiger partial charge in [0.1, 0.15) is 5.82 Å². The number of benzene rings is 1. The van der Waals surface area contributed by atoms with Gasteiger partial charge in [-0.15, -0.1) is 0 Å². The fourth-order valence-electron chi connectivity index (χ4n) is 1.96. The Labute approximate surface area is 113 Å². The van der Waals surface area contributed by atoms with Crippen LogP contribution in [0, 0.1) is 5.82 Å². The second kappa shape index (κ2) is 6.50. The van der Waals surface area contributed by atoms with Crippen LogP contribution in [0.4, 0.5) is 4.39 Å². The second-order valence-electron chi connectivity index (χ2n) is 4.62. The summed E-state index contributed by atoms with van der Waals surface area (Å²) in [6.07, 6.45) is 1.30. The first-order valence-electron chi connectivity index (χ1n) is 6.27. The van der Waals surface area contributed by atoms with E-state index in [1.165, 1.54) is 6.07 Å². The molecule has 0 bridgehead atoms. The van der Waals surface area contributed by atoms with Gasteiger partial charge < -0.3 is 10.5 Å². The molecule has 0 radical (unpaired) electrons. The normalized spacial score (nSPS) is 16.3. The Balaban J connectivity index is 2.86. The fraction of sp³-hybridized carbons (Fsp3) is 0.571. The Bertz CT molecular complexity index is 399. The van der Waals surface area contributed by atoms with E-state index in [2.05, 4.69) is 0 Å². The summed E-state index contributed by atoms with van der Waals surface area (Å²) in [7, 11) is 0. The summed E-state index contributed by atoms with van der Waals surface area (Å²) >= 11 is 5.94. The van der Waals surface area contributed by atoms with Crippen molar-refractivity contribution >= 4 is 11.6 Å². The zero-order valence-electron chi connectivity index (χ0n) is 11.2. The number of hydrogen-bond acceptors (Lipinski definition) is 2. The Hall–Kier alpha value is -0.640. The number of hydrogen-bond donors (Lipinski definition) is 1. The molecule has 0 heterocycles. The average molecular weight is 274 g/mol. The van der Waals surface area contributed by atoms with Crippen LogP contribution in [0.5, 0.6) is 0 Å². The quantitative estimate of drug-likeness (QED) is 0.860. The largest absolute Gasteiger partial charge is 0.374 e. The number of ether oxygens (including phenoxy) is 1. The van der Waals surface area contributed by atoms with Gasteiger partial charge in [-0.1, -0.05) is 30.7 Å². The van der Waals surface area contributed by atoms with Gasteiger partial charge in [0.05, 0.1) is 10.6 Å². The van der Waals surface area contributed by atoms with E-state index >= 15 is 0 Å². The third-order valence-electron chi connectivity index (χ3n) is 3.43. The van der Waals surface area contributed by atoms with Gasteiger partial charge in [-0.05, 0) is 38.3 Å². The molecule has 102 valence electrons. The van der Waals surface area contributed by atoms with Crippen molar-refractivity contribution in [2.45, 2.75) is 45.3 Å². The molecular weight excluding hydrogens is 253 g/mol. The highest BCUT2D eigenvalue weighted by atomic mass is 35.5. The van der Waals surface area contributed by atoms with Crippen molar-refractivity contribution in [2.24, 2.45) is 5.73 Å². The minimum absolute atomic E-state index is 0.155. The Morgan fingerprint density at radius 2 is 2.11 bits per heavy atom. The smallest absolute Gasteiger partial charge is 0.142 e. The number of halogens is 2. The topological polar surface area (TPSA) is 35.2 Å². The summed E-state index contributed by atoms with van der Waals surface area (Å²) in [5, 5.41) is 0.155. The third-order valence-corrected chi connectivity index (χ3v) is 3.86. The van der Waals surface area contributed by atoms with Gasteiger partial charge in [0.25, 0.3) is 0 Å². The minimum atomic E-state index is -0.412. The van der Waals surface area contributed by atoms with E-state index in [4.69, 9.17) is 22.1 Å². The number of nitrogens with two attached hydrogens (primary N) is 1. The number of rotatable bonds is 6. The van der Waals surface area contributed by atoms with Crippen molar-refractivity contribution in [3.63, 3.8) is 0 Å². The van der Waals surface area contributed by atoms with Gasteiger partial charge >= 0.3 is 0 Å². The van der Waals surface area contributed by atoms with Crippen molar-refractivity contribution < 1.29 is 9.13 Å². The van der Waals surface area contributed by atoms with Crippen LogP contribution < -0.4 is 5.73 Å². The molecule has 0 amide bonds. The van der Waals surface area contributed by atoms with Gasteiger partial charge in [0.2, 0.25) is 0 Å². The molecular formula is C14H21ClFNO. The highest BCUT2D eigenvalue weighted by Gasteiger charge is 2.31. The molecule has 2 atom stereocenters. The van der Waals surface area contributed by atoms with E-state index in [9.17, 15) is 4.39 Å². The zero-order valence-corrected chi connectivity index (χ0v) is 11.9. The van der Waals surface area contributed by atoms with E-state index in [-0.39, 0.29) is 11.1 Å².